The minimum absolute atomic E-state index is 0.0847. The predicted molar refractivity (Wildman–Crippen MR) is 88.0 cm³/mol. The molecule has 1 aromatic rings. The van der Waals surface area contributed by atoms with E-state index in [0.717, 1.165) is 24.3 Å². The highest BCUT2D eigenvalue weighted by Gasteiger charge is 2.31. The number of hydrogen-bond acceptors (Lipinski definition) is 5. The highest BCUT2D eigenvalue weighted by atomic mass is 16.6. The number of ether oxygens (including phenoxy) is 1. The number of carbonyl (C=O) groups excluding carboxylic acids is 1. The molecule has 6 nitrogen and oxygen atoms in total. The zero-order chi connectivity index (χ0) is 16.5. The van der Waals surface area contributed by atoms with Gasteiger partial charge in [0.25, 0.3) is 0 Å². The molecular formula is C16H26N4O2. The highest BCUT2D eigenvalue weighted by Crippen LogP contribution is 2.22. The normalized spacial score (nSPS) is 19.2. The summed E-state index contributed by atoms with van der Waals surface area (Å²) in [5.41, 5.74) is 7.32. The topological polar surface area (TPSA) is 71.7 Å². The van der Waals surface area contributed by atoms with Gasteiger partial charge in [0, 0.05) is 25.7 Å². The maximum atomic E-state index is 12.2. The molecule has 0 saturated carbocycles. The van der Waals surface area contributed by atoms with Gasteiger partial charge in [0.2, 0.25) is 0 Å². The highest BCUT2D eigenvalue weighted by molar-refractivity contribution is 5.69. The molecule has 0 aromatic carbocycles. The summed E-state index contributed by atoms with van der Waals surface area (Å²) in [5, 5.41) is 0. The predicted octanol–water partition coefficient (Wildman–Crippen LogP) is 2.42. The Morgan fingerprint density at radius 3 is 2.64 bits per heavy atom. The van der Waals surface area contributed by atoms with Gasteiger partial charge in [-0.1, -0.05) is 0 Å². The van der Waals surface area contributed by atoms with Crippen LogP contribution in [0.25, 0.3) is 0 Å². The van der Waals surface area contributed by atoms with Crippen LogP contribution < -0.4 is 10.6 Å². The smallest absolute Gasteiger partial charge is 0.410 e. The van der Waals surface area contributed by atoms with E-state index in [4.69, 9.17) is 10.5 Å². The lowest BCUT2D eigenvalue weighted by atomic mass is 10.1. The van der Waals surface area contributed by atoms with Gasteiger partial charge in [-0.25, -0.2) is 9.78 Å². The van der Waals surface area contributed by atoms with Crippen LogP contribution in [0.15, 0.2) is 12.3 Å². The van der Waals surface area contributed by atoms with Gasteiger partial charge >= 0.3 is 6.09 Å². The number of rotatable bonds is 1. The van der Waals surface area contributed by atoms with E-state index in [1.807, 2.05) is 40.7 Å². The van der Waals surface area contributed by atoms with Gasteiger partial charge in [0.15, 0.2) is 0 Å². The summed E-state index contributed by atoms with van der Waals surface area (Å²) in [6, 6.07) is 2.12. The summed E-state index contributed by atoms with van der Waals surface area (Å²) in [4.78, 5) is 20.5. The number of nitrogens with two attached hydrogens (primary N) is 1. The first-order chi connectivity index (χ1) is 10.2. The Balaban J connectivity index is 2.03. The van der Waals surface area contributed by atoms with E-state index in [9.17, 15) is 4.79 Å². The molecular weight excluding hydrogens is 280 g/mol. The van der Waals surface area contributed by atoms with Crippen molar-refractivity contribution in [1.82, 2.24) is 9.88 Å². The van der Waals surface area contributed by atoms with Gasteiger partial charge in [-0.3, -0.25) is 0 Å². The number of nitrogens with zero attached hydrogens (tertiary/aromatic N) is 3. The lowest BCUT2D eigenvalue weighted by molar-refractivity contribution is 0.0159. The minimum atomic E-state index is -0.466. The molecule has 122 valence electrons. The van der Waals surface area contributed by atoms with Crippen molar-refractivity contribution < 1.29 is 9.53 Å². The number of nitrogen functional groups attached to an aromatic ring is 1. The number of aryl methyl sites for hydroxylation is 1. The van der Waals surface area contributed by atoms with Crippen LogP contribution >= 0.6 is 0 Å². The number of anilines is 2. The fourth-order valence-corrected chi connectivity index (χ4v) is 2.53. The van der Waals surface area contributed by atoms with Gasteiger partial charge in [-0.05, 0) is 46.2 Å². The average molecular weight is 306 g/mol. The van der Waals surface area contributed by atoms with Crippen molar-refractivity contribution in [2.24, 2.45) is 0 Å². The molecule has 0 aliphatic carbocycles. The Morgan fingerprint density at radius 1 is 1.41 bits per heavy atom. The molecule has 1 unspecified atom stereocenters. The first-order valence-electron chi connectivity index (χ1n) is 7.64. The Hall–Kier alpha value is -1.98. The molecule has 2 heterocycles. The third-order valence-electron chi connectivity index (χ3n) is 3.72. The first kappa shape index (κ1) is 16.4. The molecule has 1 aliphatic rings. The van der Waals surface area contributed by atoms with Crippen molar-refractivity contribution >= 4 is 17.6 Å². The molecule has 0 bridgehead atoms. The molecule has 1 aromatic heterocycles. The molecule has 1 aliphatic heterocycles. The Bertz CT molecular complexity index is 554. The van der Waals surface area contributed by atoms with Crippen LogP contribution in [0.5, 0.6) is 0 Å². The summed E-state index contributed by atoms with van der Waals surface area (Å²) < 4.78 is 5.46. The van der Waals surface area contributed by atoms with Crippen LogP contribution in [0.2, 0.25) is 0 Å². The first-order valence-corrected chi connectivity index (χ1v) is 7.64. The van der Waals surface area contributed by atoms with E-state index in [1.54, 1.807) is 11.1 Å². The summed E-state index contributed by atoms with van der Waals surface area (Å²) in [5.74, 6) is 0.559. The fourth-order valence-electron chi connectivity index (χ4n) is 2.53. The lowest BCUT2D eigenvalue weighted by Crippen LogP contribution is -2.55. The lowest BCUT2D eigenvalue weighted by Gasteiger charge is -2.41. The van der Waals surface area contributed by atoms with Gasteiger partial charge in [0.05, 0.1) is 11.9 Å². The number of carbonyl (C=O) groups is 1. The monoisotopic (exact) mass is 306 g/mol. The van der Waals surface area contributed by atoms with Crippen LogP contribution in [-0.2, 0) is 4.74 Å². The summed E-state index contributed by atoms with van der Waals surface area (Å²) >= 11 is 0. The third kappa shape index (κ3) is 3.81. The van der Waals surface area contributed by atoms with E-state index in [2.05, 4.69) is 9.88 Å². The minimum Gasteiger partial charge on any atom is -0.444 e. The molecule has 1 saturated heterocycles. The summed E-state index contributed by atoms with van der Waals surface area (Å²) in [6.07, 6.45) is 1.55. The van der Waals surface area contributed by atoms with Crippen molar-refractivity contribution in [2.45, 2.75) is 46.3 Å². The zero-order valence-corrected chi connectivity index (χ0v) is 14.1. The van der Waals surface area contributed by atoms with Crippen LogP contribution in [0.3, 0.4) is 0 Å². The van der Waals surface area contributed by atoms with Crippen LogP contribution in [0.1, 0.15) is 33.3 Å². The molecule has 1 fully saturated rings. The van der Waals surface area contributed by atoms with Gasteiger partial charge in [0.1, 0.15) is 11.4 Å². The fraction of sp³-hybridized carbons (Fsp3) is 0.625. The number of aromatic nitrogens is 1. The Kier molecular flexibility index (Phi) is 4.49. The second-order valence-electron chi connectivity index (χ2n) is 6.86. The second-order valence-corrected chi connectivity index (χ2v) is 6.86. The third-order valence-corrected chi connectivity index (χ3v) is 3.72. The van der Waals surface area contributed by atoms with Gasteiger partial charge in [-0.15, -0.1) is 0 Å². The maximum Gasteiger partial charge on any atom is 0.410 e. The molecule has 6 heteroatoms. The molecule has 1 atom stereocenters. The molecule has 2 rings (SSSR count). The largest absolute Gasteiger partial charge is 0.444 e. The molecule has 22 heavy (non-hydrogen) atoms. The Labute approximate surface area is 132 Å². The van der Waals surface area contributed by atoms with Crippen LogP contribution in [0, 0.1) is 6.92 Å². The zero-order valence-electron chi connectivity index (χ0n) is 14.1. The van der Waals surface area contributed by atoms with Gasteiger partial charge < -0.3 is 20.3 Å². The van der Waals surface area contributed by atoms with Crippen molar-refractivity contribution in [2.75, 3.05) is 30.3 Å². The van der Waals surface area contributed by atoms with Gasteiger partial charge in [-0.2, -0.15) is 0 Å². The number of piperazine rings is 1. The second kappa shape index (κ2) is 6.02. The molecule has 1 amide bonds. The Morgan fingerprint density at radius 2 is 2.09 bits per heavy atom. The van der Waals surface area contributed by atoms with Crippen molar-refractivity contribution in [3.8, 4) is 0 Å². The quantitative estimate of drug-likeness (QED) is 0.862. The van der Waals surface area contributed by atoms with Crippen molar-refractivity contribution in [3.05, 3.63) is 17.8 Å². The summed E-state index contributed by atoms with van der Waals surface area (Å²) in [7, 11) is 0. The van der Waals surface area contributed by atoms with E-state index in [1.165, 1.54) is 0 Å². The number of hydrogen-bond donors (Lipinski definition) is 1. The van der Waals surface area contributed by atoms with E-state index >= 15 is 0 Å². The van der Waals surface area contributed by atoms with E-state index in [0.29, 0.717) is 12.4 Å². The molecule has 0 radical (unpaired) electrons. The SMILES string of the molecule is Cc1cc(N2CCN(C(=O)OC(C)(C)C)C(C)C2)cnc1N. The average Bonchev–Trinajstić information content (AvgIpc) is 2.39. The molecule has 2 N–H and O–H groups in total. The standard InChI is InChI=1S/C16H26N4O2/c1-11-8-13(9-18-14(11)17)19-6-7-20(12(2)10-19)15(21)22-16(3,4)5/h8-9,12H,6-7,10H2,1-5H3,(H2,17,18). The maximum absolute atomic E-state index is 12.2. The molecule has 0 spiro atoms. The summed E-state index contributed by atoms with van der Waals surface area (Å²) in [6.45, 7) is 11.8. The van der Waals surface area contributed by atoms with E-state index in [-0.39, 0.29) is 12.1 Å². The number of pyridine rings is 1. The van der Waals surface area contributed by atoms with Crippen molar-refractivity contribution in [3.63, 3.8) is 0 Å². The van der Waals surface area contributed by atoms with Crippen molar-refractivity contribution in [1.29, 1.82) is 0 Å². The number of amides is 1. The van der Waals surface area contributed by atoms with Crippen LogP contribution in [0.4, 0.5) is 16.3 Å². The van der Waals surface area contributed by atoms with Crippen LogP contribution in [-0.4, -0.2) is 47.3 Å². The van der Waals surface area contributed by atoms with E-state index < -0.39 is 5.60 Å².